The summed E-state index contributed by atoms with van der Waals surface area (Å²) in [7, 11) is 0. The summed E-state index contributed by atoms with van der Waals surface area (Å²) in [4.78, 5) is 0. The van der Waals surface area contributed by atoms with Gasteiger partial charge in [-0.3, -0.25) is 0 Å². The molecular formula is C16H26O2. The Morgan fingerprint density at radius 3 is 2.44 bits per heavy atom. The average Bonchev–Trinajstić information content (AvgIpc) is 2.81. The fourth-order valence-electron chi connectivity index (χ4n) is 3.19. The van der Waals surface area contributed by atoms with E-state index in [1.54, 1.807) is 12.5 Å². The number of aliphatic hydroxyl groups is 1. The van der Waals surface area contributed by atoms with Crippen molar-refractivity contribution >= 4 is 0 Å². The monoisotopic (exact) mass is 250 g/mol. The minimum atomic E-state index is -0.205. The first-order chi connectivity index (χ1) is 8.47. The fourth-order valence-corrected chi connectivity index (χ4v) is 3.19. The molecule has 0 saturated heterocycles. The molecule has 0 aromatic carbocycles. The van der Waals surface area contributed by atoms with Crippen LogP contribution in [0.15, 0.2) is 23.0 Å². The third-order valence-corrected chi connectivity index (χ3v) is 4.57. The number of hydrogen-bond donors (Lipinski definition) is 1. The van der Waals surface area contributed by atoms with Crippen molar-refractivity contribution in [2.24, 2.45) is 17.3 Å². The van der Waals surface area contributed by atoms with Crippen molar-refractivity contribution in [1.29, 1.82) is 0 Å². The summed E-state index contributed by atoms with van der Waals surface area (Å²) in [6.45, 7) is 7.00. The van der Waals surface area contributed by atoms with Crippen LogP contribution in [0.4, 0.5) is 0 Å². The molecule has 0 aliphatic heterocycles. The van der Waals surface area contributed by atoms with Crippen LogP contribution >= 0.6 is 0 Å². The topological polar surface area (TPSA) is 33.4 Å². The maximum Gasteiger partial charge on any atom is 0.0935 e. The normalized spacial score (nSPS) is 27.1. The molecule has 2 rings (SSSR count). The molecule has 1 aromatic rings. The summed E-state index contributed by atoms with van der Waals surface area (Å²) in [5.41, 5.74) is 1.53. The molecule has 1 heterocycles. The van der Waals surface area contributed by atoms with Gasteiger partial charge in [0.2, 0.25) is 0 Å². The molecule has 18 heavy (non-hydrogen) atoms. The molecule has 1 atom stereocenters. The zero-order valence-electron chi connectivity index (χ0n) is 11.9. The number of aliphatic hydroxyl groups excluding tert-OH is 1. The van der Waals surface area contributed by atoms with Crippen LogP contribution in [0.5, 0.6) is 0 Å². The van der Waals surface area contributed by atoms with Crippen LogP contribution in [0.2, 0.25) is 0 Å². The van der Waals surface area contributed by atoms with Crippen LogP contribution in [-0.4, -0.2) is 11.2 Å². The summed E-state index contributed by atoms with van der Waals surface area (Å²) in [5, 5.41) is 10.3. The Labute approximate surface area is 110 Å². The lowest BCUT2D eigenvalue weighted by atomic mass is 9.68. The SMILES string of the molecule is CC(C)(C)C1CCC(C(O)Cc2ccoc2)CC1. The molecule has 1 unspecified atom stereocenters. The second-order valence-corrected chi connectivity index (χ2v) is 6.88. The van der Waals surface area contributed by atoms with Gasteiger partial charge in [0.25, 0.3) is 0 Å². The molecule has 0 amide bonds. The highest BCUT2D eigenvalue weighted by Crippen LogP contribution is 2.40. The lowest BCUT2D eigenvalue weighted by molar-refractivity contribution is 0.0536. The van der Waals surface area contributed by atoms with E-state index in [2.05, 4.69) is 20.8 Å². The maximum atomic E-state index is 10.3. The van der Waals surface area contributed by atoms with Crippen LogP contribution in [-0.2, 0) is 6.42 Å². The predicted molar refractivity (Wildman–Crippen MR) is 73.3 cm³/mol. The third kappa shape index (κ3) is 3.38. The van der Waals surface area contributed by atoms with Crippen molar-refractivity contribution in [3.8, 4) is 0 Å². The molecule has 1 aliphatic rings. The standard InChI is InChI=1S/C16H26O2/c1-16(2,3)14-6-4-13(5-7-14)15(17)10-12-8-9-18-11-12/h8-9,11,13-15,17H,4-7,10H2,1-3H3. The van der Waals surface area contributed by atoms with E-state index >= 15 is 0 Å². The van der Waals surface area contributed by atoms with Gasteiger partial charge >= 0.3 is 0 Å². The molecule has 0 spiro atoms. The van der Waals surface area contributed by atoms with Crippen molar-refractivity contribution in [2.45, 2.75) is 59.0 Å². The quantitative estimate of drug-likeness (QED) is 0.878. The Hall–Kier alpha value is -0.760. The van der Waals surface area contributed by atoms with Crippen LogP contribution in [0.1, 0.15) is 52.0 Å². The average molecular weight is 250 g/mol. The highest BCUT2D eigenvalue weighted by atomic mass is 16.3. The Kier molecular flexibility index (Phi) is 4.16. The largest absolute Gasteiger partial charge is 0.472 e. The minimum Gasteiger partial charge on any atom is -0.472 e. The second-order valence-electron chi connectivity index (χ2n) is 6.88. The van der Waals surface area contributed by atoms with Crippen LogP contribution < -0.4 is 0 Å². The van der Waals surface area contributed by atoms with Crippen LogP contribution in [0.3, 0.4) is 0 Å². The number of rotatable bonds is 3. The van der Waals surface area contributed by atoms with E-state index in [0.717, 1.165) is 17.9 Å². The van der Waals surface area contributed by atoms with E-state index < -0.39 is 0 Å². The Morgan fingerprint density at radius 1 is 1.28 bits per heavy atom. The van der Waals surface area contributed by atoms with Gasteiger partial charge in [0, 0.05) is 6.42 Å². The predicted octanol–water partition coefficient (Wildman–Crippen LogP) is 4.04. The molecule has 1 aliphatic carbocycles. The second kappa shape index (κ2) is 5.48. The summed E-state index contributed by atoms with van der Waals surface area (Å²) in [6.07, 6.45) is 8.81. The first-order valence-corrected chi connectivity index (χ1v) is 7.16. The van der Waals surface area contributed by atoms with Gasteiger partial charge in [0.15, 0.2) is 0 Å². The van der Waals surface area contributed by atoms with E-state index in [4.69, 9.17) is 4.42 Å². The number of furan rings is 1. The lowest BCUT2D eigenvalue weighted by Crippen LogP contribution is -2.31. The van der Waals surface area contributed by atoms with Gasteiger partial charge in [-0.1, -0.05) is 20.8 Å². The van der Waals surface area contributed by atoms with Gasteiger partial charge in [-0.15, -0.1) is 0 Å². The van der Waals surface area contributed by atoms with Gasteiger partial charge in [0.05, 0.1) is 18.6 Å². The maximum absolute atomic E-state index is 10.3. The molecule has 1 fully saturated rings. The van der Waals surface area contributed by atoms with Gasteiger partial charge in [-0.05, 0) is 54.6 Å². The van der Waals surface area contributed by atoms with Crippen molar-refractivity contribution in [3.63, 3.8) is 0 Å². The smallest absolute Gasteiger partial charge is 0.0935 e. The lowest BCUT2D eigenvalue weighted by Gasteiger charge is -2.38. The third-order valence-electron chi connectivity index (χ3n) is 4.57. The van der Waals surface area contributed by atoms with Crippen molar-refractivity contribution in [1.82, 2.24) is 0 Å². The molecule has 0 bridgehead atoms. The van der Waals surface area contributed by atoms with Gasteiger partial charge in [-0.25, -0.2) is 0 Å². The highest BCUT2D eigenvalue weighted by molar-refractivity contribution is 5.07. The molecular weight excluding hydrogens is 224 g/mol. The van der Waals surface area contributed by atoms with Crippen molar-refractivity contribution in [3.05, 3.63) is 24.2 Å². The van der Waals surface area contributed by atoms with Gasteiger partial charge in [-0.2, -0.15) is 0 Å². The van der Waals surface area contributed by atoms with E-state index in [-0.39, 0.29) is 6.10 Å². The zero-order chi connectivity index (χ0) is 13.2. The Balaban J connectivity index is 1.82. The van der Waals surface area contributed by atoms with Gasteiger partial charge < -0.3 is 9.52 Å². The first-order valence-electron chi connectivity index (χ1n) is 7.16. The number of hydrogen-bond acceptors (Lipinski definition) is 2. The highest BCUT2D eigenvalue weighted by Gasteiger charge is 2.32. The Morgan fingerprint density at radius 2 is 1.94 bits per heavy atom. The summed E-state index contributed by atoms with van der Waals surface area (Å²) in [6, 6.07) is 1.95. The summed E-state index contributed by atoms with van der Waals surface area (Å²) in [5.74, 6) is 1.29. The van der Waals surface area contributed by atoms with E-state index in [9.17, 15) is 5.11 Å². The van der Waals surface area contributed by atoms with E-state index in [0.29, 0.717) is 11.3 Å². The Bertz CT molecular complexity index is 340. The molecule has 2 heteroatoms. The fraction of sp³-hybridized carbons (Fsp3) is 0.750. The van der Waals surface area contributed by atoms with Crippen molar-refractivity contribution in [2.75, 3.05) is 0 Å². The molecule has 1 saturated carbocycles. The van der Waals surface area contributed by atoms with Gasteiger partial charge in [0.1, 0.15) is 0 Å². The van der Waals surface area contributed by atoms with Crippen LogP contribution in [0.25, 0.3) is 0 Å². The summed E-state index contributed by atoms with van der Waals surface area (Å²) >= 11 is 0. The molecule has 102 valence electrons. The summed E-state index contributed by atoms with van der Waals surface area (Å²) < 4.78 is 5.05. The molecule has 1 aromatic heterocycles. The molecule has 1 N–H and O–H groups in total. The minimum absolute atomic E-state index is 0.205. The molecule has 0 radical (unpaired) electrons. The van der Waals surface area contributed by atoms with E-state index in [1.807, 2.05) is 6.07 Å². The zero-order valence-corrected chi connectivity index (χ0v) is 11.9. The molecule has 2 nitrogen and oxygen atoms in total. The van der Waals surface area contributed by atoms with Crippen LogP contribution in [0, 0.1) is 17.3 Å². The van der Waals surface area contributed by atoms with Crippen molar-refractivity contribution < 1.29 is 9.52 Å². The first kappa shape index (κ1) is 13.7. The van der Waals surface area contributed by atoms with E-state index in [1.165, 1.54) is 25.7 Å².